The Balaban J connectivity index is 1.96. The summed E-state index contributed by atoms with van der Waals surface area (Å²) in [5.74, 6) is -1.13. The van der Waals surface area contributed by atoms with Crippen molar-refractivity contribution >= 4 is 33.5 Å². The summed E-state index contributed by atoms with van der Waals surface area (Å²) >= 11 is 1.11. The number of ether oxygens (including phenoxy) is 2. The zero-order chi connectivity index (χ0) is 18.7. The Bertz CT molecular complexity index is 870. The van der Waals surface area contributed by atoms with Crippen molar-refractivity contribution in [3.05, 3.63) is 33.9 Å². The van der Waals surface area contributed by atoms with E-state index >= 15 is 0 Å². The maximum absolute atomic E-state index is 12.7. The van der Waals surface area contributed by atoms with Crippen LogP contribution in [-0.2, 0) is 19.1 Å². The van der Waals surface area contributed by atoms with Crippen molar-refractivity contribution in [3.8, 4) is 0 Å². The number of carbonyl (C=O) groups excluding carboxylic acids is 2. The van der Waals surface area contributed by atoms with Crippen LogP contribution in [0.15, 0.2) is 29.1 Å². The van der Waals surface area contributed by atoms with Crippen LogP contribution < -0.4 is 4.87 Å². The van der Waals surface area contributed by atoms with Crippen molar-refractivity contribution in [2.24, 2.45) is 5.41 Å². The molecule has 1 aromatic carbocycles. The molecule has 2 unspecified atom stereocenters. The van der Waals surface area contributed by atoms with E-state index in [0.717, 1.165) is 35.3 Å². The number of hydrogen-bond acceptors (Lipinski definition) is 6. The van der Waals surface area contributed by atoms with E-state index in [1.54, 1.807) is 6.92 Å². The molecule has 3 rings (SSSR count). The SMILES string of the molecule is CCCCCC1(C(=O)OCC)CC(n2c(=O)sc3ccccc32)OC1=O. The number of unbranched alkanes of at least 4 members (excludes halogenated alkanes) is 2. The summed E-state index contributed by atoms with van der Waals surface area (Å²) in [5.41, 5.74) is -0.605. The third kappa shape index (κ3) is 3.16. The summed E-state index contributed by atoms with van der Waals surface area (Å²) in [6.45, 7) is 3.98. The molecule has 0 spiro atoms. The Morgan fingerprint density at radius 3 is 2.81 bits per heavy atom. The number of thiazole rings is 1. The molecule has 1 aliphatic rings. The summed E-state index contributed by atoms with van der Waals surface area (Å²) < 4.78 is 13.0. The minimum Gasteiger partial charge on any atom is -0.465 e. The van der Waals surface area contributed by atoms with Crippen molar-refractivity contribution in [1.29, 1.82) is 0 Å². The average Bonchev–Trinajstić information content (AvgIpc) is 3.12. The lowest BCUT2D eigenvalue weighted by Gasteiger charge is -2.22. The third-order valence-corrected chi connectivity index (χ3v) is 5.77. The Morgan fingerprint density at radius 2 is 2.08 bits per heavy atom. The quantitative estimate of drug-likeness (QED) is 0.418. The van der Waals surface area contributed by atoms with Crippen LogP contribution >= 0.6 is 11.3 Å². The van der Waals surface area contributed by atoms with Gasteiger partial charge in [0.25, 0.3) is 0 Å². The predicted molar refractivity (Wildman–Crippen MR) is 99.0 cm³/mol. The van der Waals surface area contributed by atoms with E-state index in [-0.39, 0.29) is 17.9 Å². The van der Waals surface area contributed by atoms with E-state index < -0.39 is 23.6 Å². The van der Waals surface area contributed by atoms with Gasteiger partial charge in [-0.05, 0) is 25.5 Å². The van der Waals surface area contributed by atoms with Crippen molar-refractivity contribution < 1.29 is 19.1 Å². The van der Waals surface area contributed by atoms with E-state index in [1.165, 1.54) is 4.57 Å². The van der Waals surface area contributed by atoms with Crippen LogP contribution in [0, 0.1) is 5.41 Å². The maximum atomic E-state index is 12.7. The molecule has 2 atom stereocenters. The molecular formula is C19H23NO5S. The number of rotatable bonds is 7. The van der Waals surface area contributed by atoms with Crippen LogP contribution in [0.1, 0.15) is 52.2 Å². The number of aromatic nitrogens is 1. The molecule has 1 fully saturated rings. The molecule has 26 heavy (non-hydrogen) atoms. The first-order valence-corrected chi connectivity index (χ1v) is 9.83. The molecule has 0 bridgehead atoms. The minimum absolute atomic E-state index is 0.134. The number of para-hydroxylation sites is 1. The molecule has 1 saturated heterocycles. The van der Waals surface area contributed by atoms with E-state index in [1.807, 2.05) is 24.3 Å². The second-order valence-corrected chi connectivity index (χ2v) is 7.52. The highest BCUT2D eigenvalue weighted by Gasteiger charge is 2.56. The first-order valence-electron chi connectivity index (χ1n) is 9.02. The average molecular weight is 377 g/mol. The van der Waals surface area contributed by atoms with Crippen molar-refractivity contribution in [1.82, 2.24) is 4.57 Å². The van der Waals surface area contributed by atoms with Crippen LogP contribution in [0.3, 0.4) is 0 Å². The number of carbonyl (C=O) groups is 2. The van der Waals surface area contributed by atoms with Gasteiger partial charge in [0, 0.05) is 6.42 Å². The predicted octanol–water partition coefficient (Wildman–Crippen LogP) is 3.64. The number of benzene rings is 1. The number of hydrogen-bond donors (Lipinski definition) is 0. The molecule has 140 valence electrons. The highest BCUT2D eigenvalue weighted by atomic mass is 32.1. The van der Waals surface area contributed by atoms with Crippen molar-refractivity contribution in [3.63, 3.8) is 0 Å². The minimum atomic E-state index is -1.32. The van der Waals surface area contributed by atoms with Crippen LogP contribution in [0.4, 0.5) is 0 Å². The van der Waals surface area contributed by atoms with Gasteiger partial charge in [-0.1, -0.05) is 49.7 Å². The van der Waals surface area contributed by atoms with Crippen LogP contribution in [-0.4, -0.2) is 23.1 Å². The molecule has 0 radical (unpaired) electrons. The first kappa shape index (κ1) is 18.6. The lowest BCUT2D eigenvalue weighted by Crippen LogP contribution is -2.37. The Morgan fingerprint density at radius 1 is 1.31 bits per heavy atom. The zero-order valence-corrected chi connectivity index (χ0v) is 15.8. The van der Waals surface area contributed by atoms with Crippen LogP contribution in [0.5, 0.6) is 0 Å². The van der Waals surface area contributed by atoms with Gasteiger partial charge in [0.15, 0.2) is 11.6 Å². The topological polar surface area (TPSA) is 74.6 Å². The molecule has 0 aliphatic carbocycles. The molecule has 0 saturated carbocycles. The molecule has 7 heteroatoms. The highest BCUT2D eigenvalue weighted by Crippen LogP contribution is 2.45. The lowest BCUT2D eigenvalue weighted by atomic mass is 9.80. The van der Waals surface area contributed by atoms with Gasteiger partial charge in [0.1, 0.15) is 0 Å². The Hall–Kier alpha value is -2.15. The van der Waals surface area contributed by atoms with Gasteiger partial charge in [0.2, 0.25) is 0 Å². The Kier molecular flexibility index (Phi) is 5.46. The largest absolute Gasteiger partial charge is 0.465 e. The van der Waals surface area contributed by atoms with Gasteiger partial charge < -0.3 is 9.47 Å². The van der Waals surface area contributed by atoms with E-state index in [9.17, 15) is 14.4 Å². The molecule has 1 aromatic heterocycles. The van der Waals surface area contributed by atoms with Gasteiger partial charge in [-0.25, -0.2) is 0 Å². The molecule has 6 nitrogen and oxygen atoms in total. The fourth-order valence-electron chi connectivity index (χ4n) is 3.48. The molecule has 2 aromatic rings. The van der Waals surface area contributed by atoms with Gasteiger partial charge in [-0.3, -0.25) is 19.0 Å². The number of esters is 2. The normalized spacial score (nSPS) is 22.5. The summed E-state index contributed by atoms with van der Waals surface area (Å²) in [5, 5.41) is 0. The first-order chi connectivity index (χ1) is 12.5. The van der Waals surface area contributed by atoms with E-state index in [2.05, 4.69) is 6.92 Å². The van der Waals surface area contributed by atoms with Gasteiger partial charge in [-0.2, -0.15) is 0 Å². The van der Waals surface area contributed by atoms with Crippen LogP contribution in [0.2, 0.25) is 0 Å². The molecule has 1 aliphatic heterocycles. The number of cyclic esters (lactones) is 1. The molecule has 0 N–H and O–H groups in total. The summed E-state index contributed by atoms with van der Waals surface area (Å²) in [6, 6.07) is 7.37. The highest BCUT2D eigenvalue weighted by molar-refractivity contribution is 7.16. The summed E-state index contributed by atoms with van der Waals surface area (Å²) in [4.78, 5) is 37.6. The second-order valence-electron chi connectivity index (χ2n) is 6.53. The molecular weight excluding hydrogens is 354 g/mol. The summed E-state index contributed by atoms with van der Waals surface area (Å²) in [7, 11) is 0. The van der Waals surface area contributed by atoms with Crippen molar-refractivity contribution in [2.75, 3.05) is 6.61 Å². The van der Waals surface area contributed by atoms with E-state index in [4.69, 9.17) is 9.47 Å². The van der Waals surface area contributed by atoms with Crippen molar-refractivity contribution in [2.45, 2.75) is 52.2 Å². The third-order valence-electron chi connectivity index (χ3n) is 4.84. The lowest BCUT2D eigenvalue weighted by molar-refractivity contribution is -0.166. The van der Waals surface area contributed by atoms with E-state index in [0.29, 0.717) is 11.9 Å². The van der Waals surface area contributed by atoms with Gasteiger partial charge in [0.05, 0.1) is 16.8 Å². The number of fused-ring (bicyclic) bond motifs is 1. The number of nitrogens with zero attached hydrogens (tertiary/aromatic N) is 1. The zero-order valence-electron chi connectivity index (χ0n) is 15.0. The van der Waals surface area contributed by atoms with Gasteiger partial charge in [-0.15, -0.1) is 0 Å². The second kappa shape index (κ2) is 7.61. The monoisotopic (exact) mass is 377 g/mol. The fourth-order valence-corrected chi connectivity index (χ4v) is 4.40. The van der Waals surface area contributed by atoms with Crippen LogP contribution in [0.25, 0.3) is 10.2 Å². The molecule has 0 amide bonds. The summed E-state index contributed by atoms with van der Waals surface area (Å²) in [6.07, 6.45) is 2.36. The standard InChI is InChI=1S/C19H23NO5S/c1-3-5-8-11-19(16(21)24-4-2)12-15(25-17(19)22)20-13-9-6-7-10-14(13)26-18(20)23/h6-7,9-10,15H,3-5,8,11-12H2,1-2H3. The molecule has 2 heterocycles. The fraction of sp³-hybridized carbons (Fsp3) is 0.526. The Labute approximate surface area is 155 Å². The smallest absolute Gasteiger partial charge is 0.325 e. The van der Waals surface area contributed by atoms with Gasteiger partial charge >= 0.3 is 16.8 Å². The maximum Gasteiger partial charge on any atom is 0.325 e.